The molecule has 1 aromatic rings. The van der Waals surface area contributed by atoms with Crippen molar-refractivity contribution < 1.29 is 9.53 Å². The van der Waals surface area contributed by atoms with Gasteiger partial charge in [-0.25, -0.2) is 0 Å². The van der Waals surface area contributed by atoms with Crippen molar-refractivity contribution in [1.82, 2.24) is 0 Å². The zero-order chi connectivity index (χ0) is 13.7. The van der Waals surface area contributed by atoms with E-state index in [0.29, 0.717) is 17.1 Å². The van der Waals surface area contributed by atoms with Gasteiger partial charge in [-0.2, -0.15) is 5.26 Å². The van der Waals surface area contributed by atoms with Crippen molar-refractivity contribution in [3.05, 3.63) is 28.8 Å². The quantitative estimate of drug-likeness (QED) is 0.786. The summed E-state index contributed by atoms with van der Waals surface area (Å²) >= 11 is 5.84. The Hall–Kier alpha value is -1.73. The van der Waals surface area contributed by atoms with Crippen LogP contribution in [0.25, 0.3) is 0 Å². The molecule has 0 radical (unpaired) electrons. The number of nitrogens with zero attached hydrogens (tertiary/aromatic N) is 2. The molecule has 96 valence electrons. The van der Waals surface area contributed by atoms with E-state index in [9.17, 15) is 4.79 Å². The molecule has 0 aliphatic carbocycles. The first-order valence-corrected chi connectivity index (χ1v) is 5.86. The second kappa shape index (κ2) is 6.27. The first-order chi connectivity index (χ1) is 8.49. The Labute approximate surface area is 112 Å². The van der Waals surface area contributed by atoms with Crippen molar-refractivity contribution in [3.8, 4) is 6.07 Å². The first-order valence-electron chi connectivity index (χ1n) is 5.48. The van der Waals surface area contributed by atoms with Crippen LogP contribution in [0.4, 0.5) is 5.69 Å². The number of anilines is 1. The minimum Gasteiger partial charge on any atom is -0.469 e. The smallest absolute Gasteiger partial charge is 0.310 e. The Morgan fingerprint density at radius 3 is 2.83 bits per heavy atom. The van der Waals surface area contributed by atoms with Crippen LogP contribution >= 0.6 is 11.6 Å². The lowest BCUT2D eigenvalue weighted by molar-refractivity contribution is -0.144. The summed E-state index contributed by atoms with van der Waals surface area (Å²) < 4.78 is 4.67. The molecule has 4 nitrogen and oxygen atoms in total. The highest BCUT2D eigenvalue weighted by molar-refractivity contribution is 6.30. The molecule has 0 saturated heterocycles. The van der Waals surface area contributed by atoms with E-state index in [1.807, 2.05) is 11.9 Å². The summed E-state index contributed by atoms with van der Waals surface area (Å²) in [5.74, 6) is -0.531. The van der Waals surface area contributed by atoms with E-state index in [-0.39, 0.29) is 11.9 Å². The van der Waals surface area contributed by atoms with E-state index < -0.39 is 0 Å². The maximum absolute atomic E-state index is 11.4. The predicted octanol–water partition coefficient (Wildman–Crippen LogP) is 2.46. The number of ether oxygens (including phenoxy) is 1. The van der Waals surface area contributed by atoms with Crippen molar-refractivity contribution in [1.29, 1.82) is 5.26 Å². The van der Waals surface area contributed by atoms with Crippen LogP contribution in [0, 0.1) is 17.2 Å². The van der Waals surface area contributed by atoms with Gasteiger partial charge in [-0.1, -0.05) is 18.5 Å². The molecule has 18 heavy (non-hydrogen) atoms. The maximum Gasteiger partial charge on any atom is 0.310 e. The van der Waals surface area contributed by atoms with Crippen LogP contribution in [0.3, 0.4) is 0 Å². The fraction of sp³-hybridized carbons (Fsp3) is 0.385. The third kappa shape index (κ3) is 3.38. The van der Waals surface area contributed by atoms with Gasteiger partial charge in [0.1, 0.15) is 6.07 Å². The molecule has 0 fully saturated rings. The first kappa shape index (κ1) is 14.3. The summed E-state index contributed by atoms with van der Waals surface area (Å²) in [4.78, 5) is 13.2. The highest BCUT2D eigenvalue weighted by Gasteiger charge is 2.17. The van der Waals surface area contributed by atoms with Crippen LogP contribution < -0.4 is 4.90 Å². The van der Waals surface area contributed by atoms with Gasteiger partial charge < -0.3 is 9.64 Å². The Kier molecular flexibility index (Phi) is 4.99. The average Bonchev–Trinajstić information content (AvgIpc) is 2.37. The van der Waals surface area contributed by atoms with Crippen molar-refractivity contribution in [2.24, 2.45) is 5.92 Å². The zero-order valence-corrected chi connectivity index (χ0v) is 11.4. The molecule has 0 aliphatic rings. The summed E-state index contributed by atoms with van der Waals surface area (Å²) in [7, 11) is 3.19. The number of nitriles is 1. The third-order valence-electron chi connectivity index (χ3n) is 2.64. The van der Waals surface area contributed by atoms with E-state index in [0.717, 1.165) is 5.69 Å². The molecule has 5 heteroatoms. The summed E-state index contributed by atoms with van der Waals surface area (Å²) in [6, 6.07) is 7.19. The van der Waals surface area contributed by atoms with E-state index in [4.69, 9.17) is 16.9 Å². The number of methoxy groups -OCH3 is 1. The van der Waals surface area contributed by atoms with Crippen molar-refractivity contribution in [2.45, 2.75) is 6.92 Å². The number of carbonyl (C=O) groups excluding carboxylic acids is 1. The topological polar surface area (TPSA) is 53.3 Å². The lowest BCUT2D eigenvalue weighted by Crippen LogP contribution is -2.29. The fourth-order valence-electron chi connectivity index (χ4n) is 1.72. The molecule has 1 atom stereocenters. The van der Waals surface area contributed by atoms with Gasteiger partial charge in [-0.05, 0) is 18.2 Å². The molecule has 0 amide bonds. The Balaban J connectivity index is 2.88. The van der Waals surface area contributed by atoms with Gasteiger partial charge in [-0.15, -0.1) is 0 Å². The molecule has 1 aromatic carbocycles. The number of hydrogen-bond acceptors (Lipinski definition) is 4. The zero-order valence-electron chi connectivity index (χ0n) is 10.6. The summed E-state index contributed by atoms with van der Waals surface area (Å²) in [6.45, 7) is 2.26. The molecule has 0 aliphatic heterocycles. The van der Waals surface area contributed by atoms with Crippen LogP contribution in [-0.4, -0.2) is 26.7 Å². The third-order valence-corrected chi connectivity index (χ3v) is 2.88. The monoisotopic (exact) mass is 266 g/mol. The van der Waals surface area contributed by atoms with E-state index >= 15 is 0 Å². The minimum atomic E-state index is -0.269. The number of benzene rings is 1. The largest absolute Gasteiger partial charge is 0.469 e. The second-order valence-electron chi connectivity index (χ2n) is 4.08. The minimum absolute atomic E-state index is 0.262. The summed E-state index contributed by atoms with van der Waals surface area (Å²) in [6.07, 6.45) is 0. The number of halogens is 1. The molecule has 1 rings (SSSR count). The Morgan fingerprint density at radius 1 is 1.61 bits per heavy atom. The number of hydrogen-bond donors (Lipinski definition) is 0. The Morgan fingerprint density at radius 2 is 2.28 bits per heavy atom. The number of rotatable bonds is 4. The molecule has 0 saturated carbocycles. The van der Waals surface area contributed by atoms with Gasteiger partial charge in [0.2, 0.25) is 0 Å². The predicted molar refractivity (Wildman–Crippen MR) is 70.6 cm³/mol. The second-order valence-corrected chi connectivity index (χ2v) is 4.51. The molecule has 0 aromatic heterocycles. The molecule has 0 heterocycles. The molecule has 0 spiro atoms. The highest BCUT2D eigenvalue weighted by Crippen LogP contribution is 2.23. The van der Waals surface area contributed by atoms with Crippen LogP contribution in [0.1, 0.15) is 12.5 Å². The standard InChI is InChI=1S/C13H15ClN2O2/c1-9(13(17)18-3)8-16(2)12-5-4-11(14)6-10(12)7-15/h4-6,9H,8H2,1-3H3. The van der Waals surface area contributed by atoms with Crippen LogP contribution in [0.2, 0.25) is 5.02 Å². The van der Waals surface area contributed by atoms with Gasteiger partial charge in [0.25, 0.3) is 0 Å². The molecular formula is C13H15ClN2O2. The van der Waals surface area contributed by atoms with Crippen molar-refractivity contribution >= 4 is 23.3 Å². The van der Waals surface area contributed by atoms with Gasteiger partial charge in [-0.3, -0.25) is 4.79 Å². The van der Waals surface area contributed by atoms with Crippen molar-refractivity contribution in [3.63, 3.8) is 0 Å². The van der Waals surface area contributed by atoms with Crippen LogP contribution in [-0.2, 0) is 9.53 Å². The summed E-state index contributed by atoms with van der Waals surface area (Å²) in [5, 5.41) is 9.57. The lowest BCUT2D eigenvalue weighted by atomic mass is 10.1. The normalized spacial score (nSPS) is 11.5. The summed E-state index contributed by atoms with van der Waals surface area (Å²) in [5.41, 5.74) is 1.24. The van der Waals surface area contributed by atoms with Crippen LogP contribution in [0.15, 0.2) is 18.2 Å². The molecular weight excluding hydrogens is 252 g/mol. The van der Waals surface area contributed by atoms with Crippen LogP contribution in [0.5, 0.6) is 0 Å². The SMILES string of the molecule is COC(=O)C(C)CN(C)c1ccc(Cl)cc1C#N. The van der Waals surface area contributed by atoms with Gasteiger partial charge in [0.15, 0.2) is 0 Å². The fourth-order valence-corrected chi connectivity index (χ4v) is 1.89. The molecule has 0 N–H and O–H groups in total. The van der Waals surface area contributed by atoms with Gasteiger partial charge in [0.05, 0.1) is 24.3 Å². The highest BCUT2D eigenvalue weighted by atomic mass is 35.5. The maximum atomic E-state index is 11.4. The van der Waals surface area contributed by atoms with Crippen molar-refractivity contribution in [2.75, 3.05) is 25.6 Å². The molecule has 0 bridgehead atoms. The van der Waals surface area contributed by atoms with Gasteiger partial charge >= 0.3 is 5.97 Å². The van der Waals surface area contributed by atoms with E-state index in [2.05, 4.69) is 10.8 Å². The van der Waals surface area contributed by atoms with E-state index in [1.54, 1.807) is 25.1 Å². The van der Waals surface area contributed by atoms with E-state index in [1.165, 1.54) is 7.11 Å². The average molecular weight is 267 g/mol. The number of esters is 1. The number of carbonyl (C=O) groups is 1. The lowest BCUT2D eigenvalue weighted by Gasteiger charge is -2.23. The molecule has 1 unspecified atom stereocenters. The Bertz CT molecular complexity index is 482. The van der Waals surface area contributed by atoms with Gasteiger partial charge in [0, 0.05) is 18.6 Å².